The van der Waals surface area contributed by atoms with Gasteiger partial charge >= 0.3 is 0 Å². The van der Waals surface area contributed by atoms with Gasteiger partial charge in [-0.1, -0.05) is 17.7 Å². The van der Waals surface area contributed by atoms with Crippen molar-refractivity contribution in [1.29, 1.82) is 0 Å². The molecule has 1 aliphatic rings. The lowest BCUT2D eigenvalue weighted by atomic mass is 10.1. The molecular weight excluding hydrogens is 122 g/mol. The average molecular weight is 135 g/mol. The monoisotopic (exact) mass is 135 g/mol. The maximum atomic E-state index is 4.30. The predicted molar refractivity (Wildman–Crippen MR) is 45.5 cm³/mol. The summed E-state index contributed by atoms with van der Waals surface area (Å²) in [5.74, 6) is 0. The first-order valence-electron chi connectivity index (χ1n) is 3.71. The van der Waals surface area contributed by atoms with Gasteiger partial charge < -0.3 is 0 Å². The number of nitrogens with zero attached hydrogens (tertiary/aromatic N) is 1. The lowest BCUT2D eigenvalue weighted by molar-refractivity contribution is 1.11. The van der Waals surface area contributed by atoms with Gasteiger partial charge in [0.1, 0.15) is 0 Å². The molecule has 0 heterocycles. The zero-order valence-corrected chi connectivity index (χ0v) is 6.59. The number of aliphatic imine (C=N–C) groups is 1. The van der Waals surface area contributed by atoms with E-state index in [1.807, 2.05) is 0 Å². The third-order valence-corrected chi connectivity index (χ3v) is 1.53. The van der Waals surface area contributed by atoms with Gasteiger partial charge in [-0.25, -0.2) is 0 Å². The molecule has 1 rings (SSSR count). The van der Waals surface area contributed by atoms with Gasteiger partial charge in [0.05, 0.1) is 0 Å². The first-order valence-corrected chi connectivity index (χ1v) is 3.71. The zero-order chi connectivity index (χ0) is 7.40. The Hall–Kier alpha value is -0.850. The standard InChI is InChI=1S/C9H13N/c1-3-10-9-6-4-8(2)5-7-9/h4-6H,3,7H2,1-2H3. The molecular formula is C9H13N. The third kappa shape index (κ3) is 1.83. The fraction of sp³-hybridized carbons (Fsp3) is 0.444. The van der Waals surface area contributed by atoms with Crippen LogP contribution in [0, 0.1) is 0 Å². The van der Waals surface area contributed by atoms with E-state index in [2.05, 4.69) is 37.1 Å². The van der Waals surface area contributed by atoms with Crippen molar-refractivity contribution < 1.29 is 0 Å². The Morgan fingerprint density at radius 2 is 2.30 bits per heavy atom. The fourth-order valence-corrected chi connectivity index (χ4v) is 0.950. The lowest BCUT2D eigenvalue weighted by Gasteiger charge is -2.02. The van der Waals surface area contributed by atoms with Crippen LogP contribution < -0.4 is 0 Å². The third-order valence-electron chi connectivity index (χ3n) is 1.53. The number of rotatable bonds is 1. The summed E-state index contributed by atoms with van der Waals surface area (Å²) < 4.78 is 0. The van der Waals surface area contributed by atoms with Crippen LogP contribution in [0.2, 0.25) is 0 Å². The van der Waals surface area contributed by atoms with Crippen molar-refractivity contribution in [1.82, 2.24) is 0 Å². The summed E-state index contributed by atoms with van der Waals surface area (Å²) >= 11 is 0. The van der Waals surface area contributed by atoms with Crippen molar-refractivity contribution >= 4 is 5.71 Å². The minimum absolute atomic E-state index is 0.895. The molecule has 0 saturated heterocycles. The molecule has 0 aromatic heterocycles. The van der Waals surface area contributed by atoms with E-state index in [-0.39, 0.29) is 0 Å². The van der Waals surface area contributed by atoms with E-state index >= 15 is 0 Å². The minimum atomic E-state index is 0.895. The highest BCUT2D eigenvalue weighted by Crippen LogP contribution is 2.06. The highest BCUT2D eigenvalue weighted by molar-refractivity contribution is 5.97. The molecule has 0 atom stereocenters. The maximum absolute atomic E-state index is 4.30. The summed E-state index contributed by atoms with van der Waals surface area (Å²) in [5, 5.41) is 0. The van der Waals surface area contributed by atoms with E-state index in [1.54, 1.807) is 0 Å². The smallest absolute Gasteiger partial charge is 0.0386 e. The van der Waals surface area contributed by atoms with Crippen LogP contribution in [0.15, 0.2) is 28.8 Å². The van der Waals surface area contributed by atoms with Gasteiger partial charge in [-0.3, -0.25) is 4.99 Å². The minimum Gasteiger partial charge on any atom is -0.290 e. The topological polar surface area (TPSA) is 12.4 Å². The molecule has 0 aromatic rings. The van der Waals surface area contributed by atoms with Crippen molar-refractivity contribution in [3.05, 3.63) is 23.8 Å². The van der Waals surface area contributed by atoms with Crippen molar-refractivity contribution in [3.8, 4) is 0 Å². The summed E-state index contributed by atoms with van der Waals surface area (Å²) in [4.78, 5) is 4.30. The van der Waals surface area contributed by atoms with Crippen LogP contribution in [0.4, 0.5) is 0 Å². The van der Waals surface area contributed by atoms with Crippen LogP contribution >= 0.6 is 0 Å². The second-order valence-electron chi connectivity index (χ2n) is 2.45. The van der Waals surface area contributed by atoms with E-state index < -0.39 is 0 Å². The Morgan fingerprint density at radius 1 is 1.50 bits per heavy atom. The maximum Gasteiger partial charge on any atom is 0.0386 e. The van der Waals surface area contributed by atoms with Crippen LogP contribution in [0.25, 0.3) is 0 Å². The second kappa shape index (κ2) is 3.35. The lowest BCUT2D eigenvalue weighted by Crippen LogP contribution is -1.96. The molecule has 0 N–H and O–H groups in total. The average Bonchev–Trinajstić information content (AvgIpc) is 1.95. The Balaban J connectivity index is 2.60. The Morgan fingerprint density at radius 3 is 2.80 bits per heavy atom. The zero-order valence-electron chi connectivity index (χ0n) is 6.59. The summed E-state index contributed by atoms with van der Waals surface area (Å²) in [6.07, 6.45) is 7.42. The highest BCUT2D eigenvalue weighted by atomic mass is 14.7. The van der Waals surface area contributed by atoms with E-state index in [1.165, 1.54) is 11.3 Å². The number of allylic oxidation sites excluding steroid dienone is 4. The summed E-state index contributed by atoms with van der Waals surface area (Å²) in [7, 11) is 0. The van der Waals surface area contributed by atoms with Crippen LogP contribution in [0.1, 0.15) is 20.3 Å². The van der Waals surface area contributed by atoms with Crippen molar-refractivity contribution in [2.24, 2.45) is 4.99 Å². The molecule has 0 aliphatic heterocycles. The normalized spacial score (nSPS) is 21.4. The SMILES string of the molecule is CCN=C1C=CC(C)=CC1. The van der Waals surface area contributed by atoms with Crippen LogP contribution in [-0.4, -0.2) is 12.3 Å². The quantitative estimate of drug-likeness (QED) is 0.523. The van der Waals surface area contributed by atoms with Gasteiger partial charge in [0, 0.05) is 18.7 Å². The molecule has 1 heteroatoms. The fourth-order valence-electron chi connectivity index (χ4n) is 0.950. The predicted octanol–water partition coefficient (Wildman–Crippen LogP) is 2.35. The molecule has 0 aromatic carbocycles. The molecule has 0 unspecified atom stereocenters. The summed E-state index contributed by atoms with van der Waals surface area (Å²) in [6, 6.07) is 0. The van der Waals surface area contributed by atoms with Gasteiger partial charge in [0.2, 0.25) is 0 Å². The Bertz CT molecular complexity index is 197. The van der Waals surface area contributed by atoms with Crippen molar-refractivity contribution in [2.45, 2.75) is 20.3 Å². The summed E-state index contributed by atoms with van der Waals surface area (Å²) in [5.41, 5.74) is 2.54. The number of hydrogen-bond acceptors (Lipinski definition) is 1. The number of hydrogen-bond donors (Lipinski definition) is 0. The van der Waals surface area contributed by atoms with Crippen molar-refractivity contribution in [3.63, 3.8) is 0 Å². The van der Waals surface area contributed by atoms with Crippen LogP contribution in [-0.2, 0) is 0 Å². The van der Waals surface area contributed by atoms with Gasteiger partial charge in [-0.15, -0.1) is 0 Å². The van der Waals surface area contributed by atoms with E-state index in [4.69, 9.17) is 0 Å². The first-order chi connectivity index (χ1) is 4.83. The summed E-state index contributed by atoms with van der Waals surface area (Å²) in [6.45, 7) is 5.07. The van der Waals surface area contributed by atoms with Crippen LogP contribution in [0.5, 0.6) is 0 Å². The van der Waals surface area contributed by atoms with E-state index in [0.29, 0.717) is 0 Å². The molecule has 0 saturated carbocycles. The molecule has 0 spiro atoms. The van der Waals surface area contributed by atoms with E-state index in [0.717, 1.165) is 13.0 Å². The molecule has 0 amide bonds. The molecule has 1 aliphatic carbocycles. The van der Waals surface area contributed by atoms with Gasteiger partial charge in [0.15, 0.2) is 0 Å². The Labute approximate surface area is 62.2 Å². The molecule has 10 heavy (non-hydrogen) atoms. The van der Waals surface area contributed by atoms with E-state index in [9.17, 15) is 0 Å². The molecule has 0 fully saturated rings. The largest absolute Gasteiger partial charge is 0.290 e. The molecule has 1 nitrogen and oxygen atoms in total. The van der Waals surface area contributed by atoms with Crippen LogP contribution in [0.3, 0.4) is 0 Å². The highest BCUT2D eigenvalue weighted by Gasteiger charge is 1.96. The van der Waals surface area contributed by atoms with Gasteiger partial charge in [-0.05, 0) is 19.9 Å². The van der Waals surface area contributed by atoms with Gasteiger partial charge in [0.25, 0.3) is 0 Å². The van der Waals surface area contributed by atoms with Crippen molar-refractivity contribution in [2.75, 3.05) is 6.54 Å². The first kappa shape index (κ1) is 7.26. The Kier molecular flexibility index (Phi) is 2.43. The molecule has 54 valence electrons. The second-order valence-corrected chi connectivity index (χ2v) is 2.45. The van der Waals surface area contributed by atoms with Gasteiger partial charge in [-0.2, -0.15) is 0 Å². The molecule has 0 radical (unpaired) electrons. The molecule has 0 bridgehead atoms.